The lowest BCUT2D eigenvalue weighted by Crippen LogP contribution is -2.08. The molecule has 0 aliphatic rings. The molecule has 0 unspecified atom stereocenters. The van der Waals surface area contributed by atoms with Gasteiger partial charge < -0.3 is 10.4 Å². The third-order valence-electron chi connectivity index (χ3n) is 3.07. The Kier molecular flexibility index (Phi) is 4.02. The highest BCUT2D eigenvalue weighted by atomic mass is 16.4. The molecule has 0 amide bonds. The van der Waals surface area contributed by atoms with Crippen LogP contribution < -0.4 is 5.32 Å². The summed E-state index contributed by atoms with van der Waals surface area (Å²) in [6.45, 7) is 4.42. The Morgan fingerprint density at radius 1 is 1.50 bits per heavy atom. The Labute approximate surface area is 117 Å². The third kappa shape index (κ3) is 2.96. The number of hydrogen-bond donors (Lipinski definition) is 2. The third-order valence-corrected chi connectivity index (χ3v) is 3.07. The standard InChI is InChI=1S/C14H18N4O2/c1-4-12-10(8-18(3)17-12)6-16-13-5-9(2)15-7-11(13)14(19)20/h5,7-8H,4,6H2,1-3H3,(H,15,16)(H,19,20). The van der Waals surface area contributed by atoms with Crippen LogP contribution >= 0.6 is 0 Å². The van der Waals surface area contributed by atoms with Gasteiger partial charge in [0.25, 0.3) is 0 Å². The minimum absolute atomic E-state index is 0.178. The van der Waals surface area contributed by atoms with Crippen molar-refractivity contribution in [1.29, 1.82) is 0 Å². The van der Waals surface area contributed by atoms with Crippen LogP contribution in [0.1, 0.15) is 34.2 Å². The van der Waals surface area contributed by atoms with Crippen LogP contribution in [0.25, 0.3) is 0 Å². The number of rotatable bonds is 5. The topological polar surface area (TPSA) is 80.0 Å². The lowest BCUT2D eigenvalue weighted by atomic mass is 10.1. The number of pyridine rings is 1. The molecule has 0 spiro atoms. The maximum absolute atomic E-state index is 11.2. The van der Waals surface area contributed by atoms with Crippen LogP contribution in [0.15, 0.2) is 18.5 Å². The van der Waals surface area contributed by atoms with E-state index in [4.69, 9.17) is 5.11 Å². The number of carboxylic acids is 1. The predicted octanol–water partition coefficient (Wildman–Crippen LogP) is 2.00. The van der Waals surface area contributed by atoms with Crippen LogP contribution in [-0.2, 0) is 20.0 Å². The minimum atomic E-state index is -0.984. The molecule has 0 aromatic carbocycles. The van der Waals surface area contributed by atoms with Crippen LogP contribution in [-0.4, -0.2) is 25.8 Å². The molecule has 20 heavy (non-hydrogen) atoms. The van der Waals surface area contributed by atoms with Crippen molar-refractivity contribution < 1.29 is 9.90 Å². The molecule has 0 atom stereocenters. The van der Waals surface area contributed by atoms with E-state index in [-0.39, 0.29) is 5.56 Å². The van der Waals surface area contributed by atoms with E-state index in [0.29, 0.717) is 12.2 Å². The van der Waals surface area contributed by atoms with Gasteiger partial charge in [0.05, 0.1) is 11.4 Å². The van der Waals surface area contributed by atoms with Crippen molar-refractivity contribution in [3.63, 3.8) is 0 Å². The smallest absolute Gasteiger partial charge is 0.339 e. The number of aryl methyl sites for hydroxylation is 3. The van der Waals surface area contributed by atoms with Crippen molar-refractivity contribution in [1.82, 2.24) is 14.8 Å². The normalized spacial score (nSPS) is 10.6. The van der Waals surface area contributed by atoms with Gasteiger partial charge in [0.15, 0.2) is 0 Å². The zero-order chi connectivity index (χ0) is 14.7. The molecule has 2 rings (SSSR count). The molecule has 2 N–H and O–H groups in total. The average molecular weight is 274 g/mol. The second-order valence-corrected chi connectivity index (χ2v) is 4.66. The lowest BCUT2D eigenvalue weighted by molar-refractivity contribution is 0.0697. The van der Waals surface area contributed by atoms with Crippen LogP contribution in [0.3, 0.4) is 0 Å². The molecule has 0 saturated heterocycles. The highest BCUT2D eigenvalue weighted by molar-refractivity contribution is 5.93. The summed E-state index contributed by atoms with van der Waals surface area (Å²) in [5.41, 5.74) is 3.62. The molecule has 2 aromatic heterocycles. The molecule has 0 aliphatic carbocycles. The van der Waals surface area contributed by atoms with Crippen LogP contribution in [0, 0.1) is 6.92 Å². The van der Waals surface area contributed by atoms with Gasteiger partial charge in [0.2, 0.25) is 0 Å². The number of nitrogens with zero attached hydrogens (tertiary/aromatic N) is 3. The summed E-state index contributed by atoms with van der Waals surface area (Å²) in [4.78, 5) is 15.2. The molecule has 2 heterocycles. The van der Waals surface area contributed by atoms with E-state index in [1.165, 1.54) is 6.20 Å². The van der Waals surface area contributed by atoms with Crippen molar-refractivity contribution in [2.75, 3.05) is 5.32 Å². The molecule has 2 aromatic rings. The Morgan fingerprint density at radius 2 is 2.25 bits per heavy atom. The van der Waals surface area contributed by atoms with Gasteiger partial charge in [-0.2, -0.15) is 5.10 Å². The van der Waals surface area contributed by atoms with Crippen LogP contribution in [0.5, 0.6) is 0 Å². The van der Waals surface area contributed by atoms with Gasteiger partial charge in [-0.3, -0.25) is 9.67 Å². The molecule has 6 nitrogen and oxygen atoms in total. The van der Waals surface area contributed by atoms with E-state index in [1.807, 2.05) is 27.1 Å². The molecular weight excluding hydrogens is 256 g/mol. The highest BCUT2D eigenvalue weighted by Crippen LogP contribution is 2.18. The number of nitrogens with one attached hydrogen (secondary N) is 1. The van der Waals surface area contributed by atoms with E-state index >= 15 is 0 Å². The van der Waals surface area contributed by atoms with Gasteiger partial charge in [-0.1, -0.05) is 6.92 Å². The Bertz CT molecular complexity index is 634. The first-order chi connectivity index (χ1) is 9.51. The van der Waals surface area contributed by atoms with Crippen LogP contribution in [0.4, 0.5) is 5.69 Å². The molecule has 0 radical (unpaired) electrons. The second-order valence-electron chi connectivity index (χ2n) is 4.66. The summed E-state index contributed by atoms with van der Waals surface area (Å²) < 4.78 is 1.77. The molecular formula is C14H18N4O2. The van der Waals surface area contributed by atoms with E-state index in [1.54, 1.807) is 10.7 Å². The number of aromatic nitrogens is 3. The lowest BCUT2D eigenvalue weighted by Gasteiger charge is -2.09. The SMILES string of the molecule is CCc1nn(C)cc1CNc1cc(C)ncc1C(=O)O. The first-order valence-electron chi connectivity index (χ1n) is 6.46. The Balaban J connectivity index is 2.22. The van der Waals surface area contributed by atoms with Crippen molar-refractivity contribution in [3.05, 3.63) is 41.0 Å². The molecule has 0 fully saturated rings. The summed E-state index contributed by atoms with van der Waals surface area (Å²) in [6, 6.07) is 1.74. The Hall–Kier alpha value is -2.37. The Morgan fingerprint density at radius 3 is 2.90 bits per heavy atom. The minimum Gasteiger partial charge on any atom is -0.478 e. The van der Waals surface area contributed by atoms with Crippen molar-refractivity contribution in [3.8, 4) is 0 Å². The fourth-order valence-electron chi connectivity index (χ4n) is 2.10. The number of anilines is 1. The first kappa shape index (κ1) is 14.0. The van der Waals surface area contributed by atoms with Crippen LogP contribution in [0.2, 0.25) is 0 Å². The first-order valence-corrected chi connectivity index (χ1v) is 6.46. The van der Waals surface area contributed by atoms with Gasteiger partial charge in [-0.25, -0.2) is 4.79 Å². The maximum Gasteiger partial charge on any atom is 0.339 e. The van der Waals surface area contributed by atoms with E-state index in [9.17, 15) is 4.79 Å². The van der Waals surface area contributed by atoms with E-state index < -0.39 is 5.97 Å². The predicted molar refractivity (Wildman–Crippen MR) is 75.8 cm³/mol. The second kappa shape index (κ2) is 5.73. The summed E-state index contributed by atoms with van der Waals surface area (Å²) in [6.07, 6.45) is 4.17. The van der Waals surface area contributed by atoms with Gasteiger partial charge in [-0.15, -0.1) is 0 Å². The largest absolute Gasteiger partial charge is 0.478 e. The fraction of sp³-hybridized carbons (Fsp3) is 0.357. The fourth-order valence-corrected chi connectivity index (χ4v) is 2.10. The molecule has 0 aliphatic heterocycles. The summed E-state index contributed by atoms with van der Waals surface area (Å²) in [7, 11) is 1.88. The summed E-state index contributed by atoms with van der Waals surface area (Å²) in [5, 5.41) is 16.7. The molecule has 0 saturated carbocycles. The maximum atomic E-state index is 11.2. The summed E-state index contributed by atoms with van der Waals surface area (Å²) in [5.74, 6) is -0.984. The summed E-state index contributed by atoms with van der Waals surface area (Å²) >= 11 is 0. The number of aromatic carboxylic acids is 1. The number of hydrogen-bond acceptors (Lipinski definition) is 4. The zero-order valence-corrected chi connectivity index (χ0v) is 11.8. The van der Waals surface area contributed by atoms with Gasteiger partial charge in [0, 0.05) is 37.2 Å². The monoisotopic (exact) mass is 274 g/mol. The molecule has 106 valence electrons. The number of carboxylic acid groups (broad SMARTS) is 1. The molecule has 0 bridgehead atoms. The van der Waals surface area contributed by atoms with Gasteiger partial charge >= 0.3 is 5.97 Å². The number of carbonyl (C=O) groups is 1. The molecule has 6 heteroatoms. The van der Waals surface area contributed by atoms with E-state index in [2.05, 4.69) is 15.4 Å². The highest BCUT2D eigenvalue weighted by Gasteiger charge is 2.12. The van der Waals surface area contributed by atoms with Crippen molar-refractivity contribution >= 4 is 11.7 Å². The quantitative estimate of drug-likeness (QED) is 0.871. The average Bonchev–Trinajstić information content (AvgIpc) is 2.76. The van der Waals surface area contributed by atoms with Gasteiger partial charge in [-0.05, 0) is 19.4 Å². The van der Waals surface area contributed by atoms with Crippen molar-refractivity contribution in [2.45, 2.75) is 26.8 Å². The van der Waals surface area contributed by atoms with Gasteiger partial charge in [0.1, 0.15) is 5.56 Å². The zero-order valence-electron chi connectivity index (χ0n) is 11.8. The van der Waals surface area contributed by atoms with E-state index in [0.717, 1.165) is 23.4 Å². The van der Waals surface area contributed by atoms with Crippen molar-refractivity contribution in [2.24, 2.45) is 7.05 Å².